The van der Waals surface area contributed by atoms with E-state index >= 15 is 0 Å². The minimum Gasteiger partial charge on any atom is -0.480 e. The van der Waals surface area contributed by atoms with Crippen molar-refractivity contribution in [1.82, 2.24) is 50.2 Å². The number of nitrogen functional groups attached to an aromatic ring is 1. The van der Waals surface area contributed by atoms with Crippen LogP contribution in [0.25, 0.3) is 11.2 Å². The first kappa shape index (κ1) is 52.8. The van der Waals surface area contributed by atoms with Gasteiger partial charge < -0.3 is 47.4 Å². The number of aromatic nitrogens is 4. The maximum absolute atomic E-state index is 12.9. The molecule has 1 saturated heterocycles. The van der Waals surface area contributed by atoms with Gasteiger partial charge in [-0.15, -0.1) is 0 Å². The van der Waals surface area contributed by atoms with Gasteiger partial charge in [0.25, 0.3) is 11.5 Å². The highest BCUT2D eigenvalue weighted by Crippen LogP contribution is 2.15. The van der Waals surface area contributed by atoms with Gasteiger partial charge in [0.1, 0.15) is 6.04 Å². The minimum atomic E-state index is -1.32. The molecule has 1 fully saturated rings. The molecule has 370 valence electrons. The zero-order chi connectivity index (χ0) is 49.9. The maximum atomic E-state index is 12.9. The molecule has 0 radical (unpaired) electrons. The Morgan fingerprint density at radius 1 is 0.739 bits per heavy atom. The fraction of sp³-hybridized carbons (Fsp3) is 0.432. The number of anilines is 3. The molecule has 2 amide bonds. The van der Waals surface area contributed by atoms with Crippen molar-refractivity contribution in [2.45, 2.75) is 44.8 Å². The van der Waals surface area contributed by atoms with E-state index < -0.39 is 41.4 Å². The number of H-pyrrole nitrogens is 1. The number of thiocarbonyl (C=S) groups is 1. The molecule has 11 N–H and O–H groups in total. The summed E-state index contributed by atoms with van der Waals surface area (Å²) in [6, 6.07) is 12.6. The number of amides is 2. The smallest absolute Gasteiger partial charge is 0.326 e. The number of carboxylic acid groups (broad SMARTS) is 4. The van der Waals surface area contributed by atoms with Gasteiger partial charge in [-0.1, -0.05) is 24.4 Å². The van der Waals surface area contributed by atoms with E-state index in [1.165, 1.54) is 18.3 Å². The van der Waals surface area contributed by atoms with Crippen LogP contribution in [0.15, 0.2) is 59.5 Å². The zero-order valence-electron chi connectivity index (χ0n) is 37.8. The third-order valence-electron chi connectivity index (χ3n) is 10.9. The van der Waals surface area contributed by atoms with Gasteiger partial charge in [-0.25, -0.2) is 14.8 Å². The predicted octanol–water partition coefficient (Wildman–Crippen LogP) is 0.182. The Kier molecular flexibility index (Phi) is 20.2. The molecule has 0 aliphatic carbocycles. The molecular weight excluding hydrogens is 919 g/mol. The number of rotatable bonds is 22. The van der Waals surface area contributed by atoms with Crippen LogP contribution in [0.5, 0.6) is 0 Å². The molecule has 1 atom stereocenters. The first-order chi connectivity index (χ1) is 33.0. The van der Waals surface area contributed by atoms with Gasteiger partial charge in [-0.2, -0.15) is 4.98 Å². The molecule has 0 saturated carbocycles. The number of hydrogen-bond acceptors (Lipinski definition) is 17. The topological polar surface area (TPSA) is 342 Å². The molecule has 5 rings (SSSR count). The average molecular weight is 976 g/mol. The van der Waals surface area contributed by atoms with Crippen LogP contribution in [0.4, 0.5) is 17.3 Å². The van der Waals surface area contributed by atoms with Gasteiger partial charge in [0.15, 0.2) is 11.2 Å². The second-order valence-electron chi connectivity index (χ2n) is 16.3. The van der Waals surface area contributed by atoms with Crippen LogP contribution >= 0.6 is 12.2 Å². The number of aromatic amines is 1. The lowest BCUT2D eigenvalue weighted by Gasteiger charge is -2.33. The standard InChI is InChI=1S/C44H57N13O11S/c45-44-52-40-39(42(66)53-44)50-32(23-48-40)22-47-30-9-5-29(6-10-30)41(65)51-33(43(67)68)11-12-34(58)46-13-1-2-35(69)49-31-7-3-28(4-8-31)24-54-14-16-55(25-36(59)60)18-20-57(27-38(63)64)21-19-56(17-15-54)26-37(61)62/h3-10,23,33,47H,1-2,11-22,24-27H2,(H,46,58)(H,49,69)(H,51,65)(H,59,60)(H,61,62)(H,63,64)(H,67,68)(H3,45,48,52,53,66)/t33-/m0/s1. The lowest BCUT2D eigenvalue weighted by Crippen LogP contribution is -2.48. The summed E-state index contributed by atoms with van der Waals surface area (Å²) in [5.41, 5.74) is 8.17. The first-order valence-corrected chi connectivity index (χ1v) is 22.5. The lowest BCUT2D eigenvalue weighted by molar-refractivity contribution is -0.140. The SMILES string of the molecule is Nc1nc2ncc(CNc3ccc(C(=O)N[C@@H](CCC(=O)NCCCC(=S)Nc4ccc(CN5CCN(CC(=O)O)CCN(CC(=O)O)CCN(CC(=O)O)CC5)cc4)C(=O)O)cc3)nc2c(=O)[nH]1. The number of fused-ring (bicyclic) bond motifs is 1. The maximum Gasteiger partial charge on any atom is 0.326 e. The van der Waals surface area contributed by atoms with Crippen molar-refractivity contribution < 1.29 is 49.2 Å². The number of nitrogens with zero attached hydrogens (tertiary/aromatic N) is 7. The number of nitrogens with one attached hydrogen (secondary N) is 5. The summed E-state index contributed by atoms with van der Waals surface area (Å²) in [6.07, 6.45) is 2.13. The number of hydrogen-bond donors (Lipinski definition) is 10. The summed E-state index contributed by atoms with van der Waals surface area (Å²) < 4.78 is 0. The second-order valence-corrected chi connectivity index (χ2v) is 16.8. The Bertz CT molecular complexity index is 2460. The normalized spacial score (nSPS) is 15.0. The molecule has 0 unspecified atom stereocenters. The lowest BCUT2D eigenvalue weighted by atomic mass is 10.1. The van der Waals surface area contributed by atoms with Crippen molar-refractivity contribution in [3.63, 3.8) is 0 Å². The Morgan fingerprint density at radius 3 is 1.84 bits per heavy atom. The molecule has 3 heterocycles. The summed E-state index contributed by atoms with van der Waals surface area (Å²) in [4.78, 5) is 107. The Labute approximate surface area is 401 Å². The van der Waals surface area contributed by atoms with Crippen LogP contribution < -0.4 is 32.6 Å². The summed E-state index contributed by atoms with van der Waals surface area (Å²) in [5.74, 6) is -5.37. The number of carbonyl (C=O) groups is 6. The average Bonchev–Trinajstić information content (AvgIpc) is 3.29. The highest BCUT2D eigenvalue weighted by atomic mass is 32.1. The molecule has 0 bridgehead atoms. The predicted molar refractivity (Wildman–Crippen MR) is 257 cm³/mol. The second kappa shape index (κ2) is 26.4. The van der Waals surface area contributed by atoms with Crippen LogP contribution in [-0.4, -0.2) is 185 Å². The van der Waals surface area contributed by atoms with Gasteiger partial charge in [0.05, 0.1) is 43.1 Å². The minimum absolute atomic E-state index is 0.0388. The Balaban J connectivity index is 1.02. The van der Waals surface area contributed by atoms with Gasteiger partial charge >= 0.3 is 23.9 Å². The van der Waals surface area contributed by atoms with Crippen molar-refractivity contribution >= 4 is 81.4 Å². The number of nitrogens with two attached hydrogens (primary N) is 1. The fourth-order valence-electron chi connectivity index (χ4n) is 7.29. The van der Waals surface area contributed by atoms with E-state index in [4.69, 9.17) is 18.0 Å². The van der Waals surface area contributed by atoms with Gasteiger partial charge in [0, 0.05) is 88.8 Å². The highest BCUT2D eigenvalue weighted by molar-refractivity contribution is 7.80. The largest absolute Gasteiger partial charge is 0.480 e. The number of carboxylic acids is 4. The van der Waals surface area contributed by atoms with Crippen LogP contribution in [0.1, 0.15) is 47.3 Å². The number of carbonyl (C=O) groups excluding carboxylic acids is 2. The van der Waals surface area contributed by atoms with Crippen LogP contribution in [0.3, 0.4) is 0 Å². The third-order valence-corrected chi connectivity index (χ3v) is 11.2. The molecule has 0 spiro atoms. The van der Waals surface area contributed by atoms with E-state index in [9.17, 15) is 54.0 Å². The molecule has 1 aliphatic heterocycles. The molecule has 25 heteroatoms. The van der Waals surface area contributed by atoms with E-state index in [1.807, 2.05) is 24.3 Å². The van der Waals surface area contributed by atoms with Crippen LogP contribution in [-0.2, 0) is 37.1 Å². The molecule has 24 nitrogen and oxygen atoms in total. The van der Waals surface area contributed by atoms with Gasteiger partial charge in [-0.05, 0) is 61.2 Å². The van der Waals surface area contributed by atoms with E-state index in [0.29, 0.717) is 88.1 Å². The molecule has 4 aromatic rings. The van der Waals surface area contributed by atoms with Gasteiger partial charge in [-0.3, -0.25) is 53.4 Å². The fourth-order valence-corrected chi connectivity index (χ4v) is 7.55. The summed E-state index contributed by atoms with van der Waals surface area (Å²) in [5, 5.41) is 49.7. The Hall–Kier alpha value is -7.19. The van der Waals surface area contributed by atoms with Crippen LogP contribution in [0.2, 0.25) is 0 Å². The van der Waals surface area contributed by atoms with E-state index in [0.717, 1.165) is 11.3 Å². The quantitative estimate of drug-likeness (QED) is 0.0371. The molecule has 1 aliphatic rings. The molecule has 2 aromatic carbocycles. The van der Waals surface area contributed by atoms with Crippen molar-refractivity contribution in [1.29, 1.82) is 0 Å². The molecule has 2 aromatic heterocycles. The van der Waals surface area contributed by atoms with Gasteiger partial charge in [0.2, 0.25) is 11.9 Å². The van der Waals surface area contributed by atoms with E-state index in [1.54, 1.807) is 26.8 Å². The van der Waals surface area contributed by atoms with Crippen molar-refractivity contribution in [3.8, 4) is 0 Å². The van der Waals surface area contributed by atoms with Crippen LogP contribution in [0, 0.1) is 0 Å². The van der Waals surface area contributed by atoms with Crippen molar-refractivity contribution in [2.24, 2.45) is 0 Å². The van der Waals surface area contributed by atoms with Crippen molar-refractivity contribution in [2.75, 3.05) is 94.9 Å². The summed E-state index contributed by atoms with van der Waals surface area (Å²) >= 11 is 5.53. The van der Waals surface area contributed by atoms with E-state index in [2.05, 4.69) is 46.1 Å². The zero-order valence-corrected chi connectivity index (χ0v) is 38.6. The third kappa shape index (κ3) is 18.4. The summed E-state index contributed by atoms with van der Waals surface area (Å²) in [6.45, 7) is 3.48. The highest BCUT2D eigenvalue weighted by Gasteiger charge is 2.23. The summed E-state index contributed by atoms with van der Waals surface area (Å²) in [7, 11) is 0. The van der Waals surface area contributed by atoms with Crippen molar-refractivity contribution in [3.05, 3.63) is 81.9 Å². The van der Waals surface area contributed by atoms with E-state index in [-0.39, 0.29) is 74.1 Å². The number of aliphatic carboxylic acids is 4. The first-order valence-electron chi connectivity index (χ1n) is 22.1. The Morgan fingerprint density at radius 2 is 1.29 bits per heavy atom. The molecular formula is C44H57N13O11S. The monoisotopic (exact) mass is 975 g/mol. The number of benzene rings is 2. The molecule has 69 heavy (non-hydrogen) atoms.